The Hall–Kier alpha value is -3.07. The van der Waals surface area contributed by atoms with E-state index in [9.17, 15) is 13.2 Å². The van der Waals surface area contributed by atoms with E-state index in [-0.39, 0.29) is 5.56 Å². The highest BCUT2D eigenvalue weighted by Gasteiger charge is 2.28. The first-order valence-electron chi connectivity index (χ1n) is 10.7. The molecule has 0 atom stereocenters. The molecule has 32 heavy (non-hydrogen) atoms. The number of aromatic nitrogens is 2. The van der Waals surface area contributed by atoms with Crippen molar-refractivity contribution in [3.8, 4) is 0 Å². The number of piperazine rings is 1. The van der Waals surface area contributed by atoms with Gasteiger partial charge in [0.05, 0.1) is 15.8 Å². The molecular formula is C24H24N4O3S. The molecule has 0 aliphatic carbocycles. The molecule has 1 fully saturated rings. The van der Waals surface area contributed by atoms with Crippen LogP contribution in [0.2, 0.25) is 0 Å². The maximum atomic E-state index is 13.1. The summed E-state index contributed by atoms with van der Waals surface area (Å²) in [4.78, 5) is 22.2. The lowest BCUT2D eigenvalue weighted by Crippen LogP contribution is -2.49. The molecule has 0 saturated carbocycles. The molecular weight excluding hydrogens is 424 g/mol. The summed E-state index contributed by atoms with van der Waals surface area (Å²) in [5.74, 6) is 0.653. The zero-order chi connectivity index (χ0) is 22.1. The number of fused-ring (bicyclic) bond motifs is 2. The molecule has 2 heterocycles. The molecule has 1 aliphatic rings. The largest absolute Gasteiger partial charge is 0.310 e. The normalized spacial score (nSPS) is 16.0. The number of sulfonamides is 1. The molecule has 0 spiro atoms. The van der Waals surface area contributed by atoms with Crippen molar-refractivity contribution >= 4 is 31.7 Å². The average Bonchev–Trinajstić information content (AvgIpc) is 2.83. The Labute approximate surface area is 186 Å². The minimum Gasteiger partial charge on any atom is -0.310 e. The van der Waals surface area contributed by atoms with Gasteiger partial charge in [-0.25, -0.2) is 13.4 Å². The molecule has 1 aromatic heterocycles. The molecule has 5 rings (SSSR count). The lowest BCUT2D eigenvalue weighted by atomic mass is 10.1. The number of aromatic amines is 1. The molecule has 164 valence electrons. The quantitative estimate of drug-likeness (QED) is 0.507. The summed E-state index contributed by atoms with van der Waals surface area (Å²) in [6.45, 7) is 2.88. The second-order valence-corrected chi connectivity index (χ2v) is 9.97. The SMILES string of the molecule is O=c1[nH]c(CCN2CCN(S(=O)(=O)c3ccc4ccccc4c3)CC2)nc2ccccc12. The highest BCUT2D eigenvalue weighted by molar-refractivity contribution is 7.89. The summed E-state index contributed by atoms with van der Waals surface area (Å²) in [5.41, 5.74) is 0.564. The van der Waals surface area contributed by atoms with Crippen LogP contribution in [0, 0.1) is 0 Å². The van der Waals surface area contributed by atoms with Gasteiger partial charge in [-0.1, -0.05) is 42.5 Å². The molecule has 0 bridgehead atoms. The Morgan fingerprint density at radius 2 is 1.59 bits per heavy atom. The number of hydrogen-bond donors (Lipinski definition) is 1. The lowest BCUT2D eigenvalue weighted by molar-refractivity contribution is 0.189. The second-order valence-electron chi connectivity index (χ2n) is 8.03. The van der Waals surface area contributed by atoms with Crippen LogP contribution in [0.15, 0.2) is 76.4 Å². The fourth-order valence-corrected chi connectivity index (χ4v) is 5.65. The highest BCUT2D eigenvalue weighted by atomic mass is 32.2. The second kappa shape index (κ2) is 8.46. The zero-order valence-electron chi connectivity index (χ0n) is 17.6. The molecule has 1 N–H and O–H groups in total. The third kappa shape index (κ3) is 4.04. The number of hydrogen-bond acceptors (Lipinski definition) is 5. The molecule has 0 amide bonds. The number of nitrogens with one attached hydrogen (secondary N) is 1. The Morgan fingerprint density at radius 1 is 0.875 bits per heavy atom. The van der Waals surface area contributed by atoms with Crippen molar-refractivity contribution in [2.45, 2.75) is 11.3 Å². The van der Waals surface area contributed by atoms with Crippen molar-refractivity contribution in [3.63, 3.8) is 0 Å². The van der Waals surface area contributed by atoms with E-state index in [1.807, 2.05) is 48.5 Å². The van der Waals surface area contributed by atoms with Gasteiger partial charge in [0.15, 0.2) is 0 Å². The van der Waals surface area contributed by atoms with Gasteiger partial charge in [0, 0.05) is 39.1 Å². The van der Waals surface area contributed by atoms with Gasteiger partial charge in [-0.2, -0.15) is 4.31 Å². The van der Waals surface area contributed by atoms with Gasteiger partial charge in [-0.3, -0.25) is 4.79 Å². The fraction of sp³-hybridized carbons (Fsp3) is 0.250. The molecule has 8 heteroatoms. The first kappa shape index (κ1) is 20.8. The summed E-state index contributed by atoms with van der Waals surface area (Å²) >= 11 is 0. The number of nitrogens with zero attached hydrogens (tertiary/aromatic N) is 3. The Bertz CT molecular complexity index is 1440. The van der Waals surface area contributed by atoms with Crippen molar-refractivity contribution in [2.24, 2.45) is 0 Å². The highest BCUT2D eigenvalue weighted by Crippen LogP contribution is 2.23. The number of para-hydroxylation sites is 1. The van der Waals surface area contributed by atoms with Crippen LogP contribution in [-0.2, 0) is 16.4 Å². The van der Waals surface area contributed by atoms with Gasteiger partial charge in [0.25, 0.3) is 5.56 Å². The monoisotopic (exact) mass is 448 g/mol. The predicted molar refractivity (Wildman–Crippen MR) is 125 cm³/mol. The van der Waals surface area contributed by atoms with E-state index in [0.717, 1.165) is 10.8 Å². The Kier molecular flexibility index (Phi) is 5.50. The summed E-state index contributed by atoms with van der Waals surface area (Å²) in [6.07, 6.45) is 0.609. The smallest absolute Gasteiger partial charge is 0.258 e. The zero-order valence-corrected chi connectivity index (χ0v) is 18.4. The van der Waals surface area contributed by atoms with Gasteiger partial charge in [-0.15, -0.1) is 0 Å². The molecule has 0 unspecified atom stereocenters. The van der Waals surface area contributed by atoms with Crippen molar-refractivity contribution in [2.75, 3.05) is 32.7 Å². The third-order valence-electron chi connectivity index (χ3n) is 6.02. The van der Waals surface area contributed by atoms with Crippen LogP contribution in [0.3, 0.4) is 0 Å². The van der Waals surface area contributed by atoms with Crippen LogP contribution in [0.5, 0.6) is 0 Å². The van der Waals surface area contributed by atoms with Gasteiger partial charge in [-0.05, 0) is 35.0 Å². The summed E-state index contributed by atoms with van der Waals surface area (Å²) < 4.78 is 27.8. The van der Waals surface area contributed by atoms with Crippen molar-refractivity contribution in [1.29, 1.82) is 0 Å². The molecule has 1 saturated heterocycles. The molecule has 0 radical (unpaired) electrons. The van der Waals surface area contributed by atoms with Gasteiger partial charge in [0.1, 0.15) is 5.82 Å². The van der Waals surface area contributed by atoms with E-state index < -0.39 is 10.0 Å². The Balaban J connectivity index is 1.23. The Morgan fingerprint density at radius 3 is 2.41 bits per heavy atom. The van der Waals surface area contributed by atoms with Crippen molar-refractivity contribution in [1.82, 2.24) is 19.2 Å². The first-order valence-corrected chi connectivity index (χ1v) is 12.1. The summed E-state index contributed by atoms with van der Waals surface area (Å²) in [6, 6.07) is 20.3. The van der Waals surface area contributed by atoms with E-state index in [1.54, 1.807) is 22.5 Å². The number of H-pyrrole nitrogens is 1. The van der Waals surface area contributed by atoms with Crippen molar-refractivity contribution < 1.29 is 8.42 Å². The number of rotatable bonds is 5. The van der Waals surface area contributed by atoms with E-state index in [2.05, 4.69) is 14.9 Å². The maximum absolute atomic E-state index is 13.1. The average molecular weight is 449 g/mol. The molecule has 3 aromatic carbocycles. The summed E-state index contributed by atoms with van der Waals surface area (Å²) in [7, 11) is -3.53. The van der Waals surface area contributed by atoms with Crippen LogP contribution >= 0.6 is 0 Å². The van der Waals surface area contributed by atoms with Gasteiger partial charge < -0.3 is 9.88 Å². The van der Waals surface area contributed by atoms with Crippen LogP contribution in [-0.4, -0.2) is 60.3 Å². The van der Waals surface area contributed by atoms with Crippen LogP contribution in [0.25, 0.3) is 21.7 Å². The number of benzene rings is 3. The molecule has 7 nitrogen and oxygen atoms in total. The van der Waals surface area contributed by atoms with Crippen LogP contribution in [0.1, 0.15) is 5.82 Å². The van der Waals surface area contributed by atoms with Gasteiger partial charge >= 0.3 is 0 Å². The predicted octanol–water partition coefficient (Wildman–Crippen LogP) is 2.63. The molecule has 4 aromatic rings. The minimum atomic E-state index is -3.53. The topological polar surface area (TPSA) is 86.4 Å². The van der Waals surface area contributed by atoms with E-state index in [1.165, 1.54) is 0 Å². The standard InChI is InChI=1S/C24H24N4O3S/c29-24-21-7-3-4-8-22(21)25-23(26-24)11-12-27-13-15-28(16-14-27)32(30,31)20-10-9-18-5-1-2-6-19(18)17-20/h1-10,17H,11-16H2,(H,25,26,29). The lowest BCUT2D eigenvalue weighted by Gasteiger charge is -2.33. The van der Waals surface area contributed by atoms with Gasteiger partial charge in [0.2, 0.25) is 10.0 Å². The van der Waals surface area contributed by atoms with E-state index in [4.69, 9.17) is 0 Å². The van der Waals surface area contributed by atoms with E-state index >= 15 is 0 Å². The summed E-state index contributed by atoms with van der Waals surface area (Å²) in [5, 5.41) is 2.53. The van der Waals surface area contributed by atoms with Crippen LogP contribution < -0.4 is 5.56 Å². The molecule has 1 aliphatic heterocycles. The fourth-order valence-electron chi connectivity index (χ4n) is 4.19. The maximum Gasteiger partial charge on any atom is 0.258 e. The third-order valence-corrected chi connectivity index (χ3v) is 7.91. The minimum absolute atomic E-state index is 0.128. The van der Waals surface area contributed by atoms with Crippen LogP contribution in [0.4, 0.5) is 0 Å². The first-order chi connectivity index (χ1) is 15.5. The van der Waals surface area contributed by atoms with E-state index in [0.29, 0.717) is 60.8 Å². The van der Waals surface area contributed by atoms with Crippen molar-refractivity contribution in [3.05, 3.63) is 82.9 Å².